The molecule has 0 spiro atoms. The summed E-state index contributed by atoms with van der Waals surface area (Å²) in [7, 11) is 0. The van der Waals surface area contributed by atoms with E-state index >= 15 is 0 Å². The molecule has 0 saturated carbocycles. The number of aromatic nitrogens is 2. The van der Waals surface area contributed by atoms with Gasteiger partial charge >= 0.3 is 0 Å². The molecular formula is C16H28N4O. The van der Waals surface area contributed by atoms with Crippen LogP contribution in [0.4, 0.5) is 11.6 Å². The van der Waals surface area contributed by atoms with Crippen LogP contribution in [0, 0.1) is 0 Å². The number of anilines is 2. The first-order valence-electron chi connectivity index (χ1n) is 8.28. The van der Waals surface area contributed by atoms with E-state index in [0.717, 1.165) is 50.6 Å². The molecule has 1 unspecified atom stereocenters. The summed E-state index contributed by atoms with van der Waals surface area (Å²) in [5.41, 5.74) is 1.18. The van der Waals surface area contributed by atoms with Crippen LogP contribution in [0.15, 0.2) is 6.33 Å². The minimum Gasteiger partial charge on any atom is -0.378 e. The number of ether oxygens (including phenoxy) is 1. The third-order valence-electron chi connectivity index (χ3n) is 3.87. The molecular weight excluding hydrogens is 264 g/mol. The first-order chi connectivity index (χ1) is 10.3. The van der Waals surface area contributed by atoms with Gasteiger partial charge in [0.15, 0.2) is 0 Å². The predicted molar refractivity (Wildman–Crippen MR) is 86.9 cm³/mol. The van der Waals surface area contributed by atoms with Gasteiger partial charge in [-0.05, 0) is 38.5 Å². The van der Waals surface area contributed by atoms with Crippen molar-refractivity contribution in [2.45, 2.75) is 58.5 Å². The summed E-state index contributed by atoms with van der Waals surface area (Å²) >= 11 is 0. The normalized spacial score (nSPS) is 18.5. The molecule has 1 aromatic heterocycles. The molecule has 118 valence electrons. The lowest BCUT2D eigenvalue weighted by molar-refractivity contribution is 0.0134. The van der Waals surface area contributed by atoms with E-state index in [1.807, 2.05) is 0 Å². The van der Waals surface area contributed by atoms with Crippen molar-refractivity contribution in [1.82, 2.24) is 9.97 Å². The molecule has 1 aliphatic heterocycles. The van der Waals surface area contributed by atoms with Crippen LogP contribution < -0.4 is 10.6 Å². The van der Waals surface area contributed by atoms with Crippen LogP contribution in [-0.2, 0) is 11.2 Å². The molecule has 21 heavy (non-hydrogen) atoms. The Labute approximate surface area is 127 Å². The van der Waals surface area contributed by atoms with Crippen LogP contribution in [-0.4, -0.2) is 35.8 Å². The molecule has 0 aromatic carbocycles. The van der Waals surface area contributed by atoms with E-state index in [1.54, 1.807) is 6.33 Å². The molecule has 2 heterocycles. The Balaban J connectivity index is 1.89. The summed E-state index contributed by atoms with van der Waals surface area (Å²) in [5, 5.41) is 6.84. The Morgan fingerprint density at radius 2 is 1.90 bits per heavy atom. The summed E-state index contributed by atoms with van der Waals surface area (Å²) in [4.78, 5) is 8.76. The van der Waals surface area contributed by atoms with Gasteiger partial charge in [0.1, 0.15) is 18.0 Å². The number of hydrogen-bond donors (Lipinski definition) is 2. The van der Waals surface area contributed by atoms with Gasteiger partial charge in [-0.3, -0.25) is 0 Å². The fourth-order valence-corrected chi connectivity index (χ4v) is 2.68. The molecule has 2 N–H and O–H groups in total. The van der Waals surface area contributed by atoms with Crippen LogP contribution in [0.25, 0.3) is 0 Å². The number of rotatable bonds is 8. The summed E-state index contributed by atoms with van der Waals surface area (Å²) < 4.78 is 5.76. The van der Waals surface area contributed by atoms with Crippen LogP contribution in [0.1, 0.15) is 51.5 Å². The van der Waals surface area contributed by atoms with Crippen molar-refractivity contribution >= 4 is 11.6 Å². The lowest BCUT2D eigenvalue weighted by atomic mass is 10.1. The Bertz CT molecular complexity index is 419. The van der Waals surface area contributed by atoms with Crippen molar-refractivity contribution in [3.63, 3.8) is 0 Å². The number of nitrogens with zero attached hydrogens (tertiary/aromatic N) is 2. The molecule has 5 heteroatoms. The zero-order valence-electron chi connectivity index (χ0n) is 13.3. The highest BCUT2D eigenvalue weighted by molar-refractivity contribution is 5.57. The monoisotopic (exact) mass is 292 g/mol. The average molecular weight is 292 g/mol. The summed E-state index contributed by atoms with van der Waals surface area (Å²) in [5.74, 6) is 1.92. The number of nitrogens with one attached hydrogen (secondary N) is 2. The molecule has 0 radical (unpaired) electrons. The van der Waals surface area contributed by atoms with Crippen molar-refractivity contribution < 1.29 is 4.74 Å². The van der Waals surface area contributed by atoms with E-state index < -0.39 is 0 Å². The Morgan fingerprint density at radius 3 is 2.52 bits per heavy atom. The van der Waals surface area contributed by atoms with Crippen molar-refractivity contribution in [2.75, 3.05) is 30.3 Å². The summed E-state index contributed by atoms with van der Waals surface area (Å²) in [6, 6.07) is 0. The smallest absolute Gasteiger partial charge is 0.134 e. The Kier molecular flexibility index (Phi) is 6.73. The topological polar surface area (TPSA) is 59.1 Å². The van der Waals surface area contributed by atoms with E-state index in [2.05, 4.69) is 34.4 Å². The zero-order chi connectivity index (χ0) is 14.9. The van der Waals surface area contributed by atoms with Gasteiger partial charge in [-0.2, -0.15) is 0 Å². The molecule has 0 amide bonds. The number of hydrogen-bond acceptors (Lipinski definition) is 5. The second-order valence-electron chi connectivity index (χ2n) is 5.53. The molecule has 1 aromatic rings. The quantitative estimate of drug-likeness (QED) is 0.770. The second kappa shape index (κ2) is 8.82. The van der Waals surface area contributed by atoms with Crippen LogP contribution in [0.3, 0.4) is 0 Å². The van der Waals surface area contributed by atoms with E-state index in [4.69, 9.17) is 4.74 Å². The van der Waals surface area contributed by atoms with E-state index in [1.165, 1.54) is 24.8 Å². The minimum absolute atomic E-state index is 0.413. The van der Waals surface area contributed by atoms with Crippen molar-refractivity contribution in [3.8, 4) is 0 Å². The Hall–Kier alpha value is -1.36. The largest absolute Gasteiger partial charge is 0.378 e. The molecule has 2 rings (SSSR count). The summed E-state index contributed by atoms with van der Waals surface area (Å²) in [6.07, 6.45) is 8.81. The Morgan fingerprint density at radius 1 is 1.14 bits per heavy atom. The standard InChI is InChI=1S/C16H28N4O/c1-3-9-17-15-14(4-2)16(20-12-19-15)18-10-8-13-7-5-6-11-21-13/h12-13H,3-11H2,1-2H3,(H2,17,18,19,20). The highest BCUT2D eigenvalue weighted by Gasteiger charge is 2.14. The van der Waals surface area contributed by atoms with E-state index in [0.29, 0.717) is 6.10 Å². The molecule has 0 bridgehead atoms. The third-order valence-corrected chi connectivity index (χ3v) is 3.87. The van der Waals surface area contributed by atoms with Gasteiger partial charge in [0, 0.05) is 25.3 Å². The lowest BCUT2D eigenvalue weighted by Crippen LogP contribution is -2.22. The van der Waals surface area contributed by atoms with Crippen molar-refractivity contribution in [3.05, 3.63) is 11.9 Å². The van der Waals surface area contributed by atoms with Crippen molar-refractivity contribution in [1.29, 1.82) is 0 Å². The van der Waals surface area contributed by atoms with Gasteiger partial charge in [0.25, 0.3) is 0 Å². The molecule has 0 aliphatic carbocycles. The van der Waals surface area contributed by atoms with Gasteiger partial charge in [-0.15, -0.1) is 0 Å². The maximum Gasteiger partial charge on any atom is 0.134 e. The zero-order valence-corrected chi connectivity index (χ0v) is 13.3. The van der Waals surface area contributed by atoms with Crippen LogP contribution >= 0.6 is 0 Å². The molecule has 1 fully saturated rings. The minimum atomic E-state index is 0.413. The molecule has 1 atom stereocenters. The SMILES string of the molecule is CCCNc1ncnc(NCCC2CCCCO2)c1CC. The van der Waals surface area contributed by atoms with E-state index in [9.17, 15) is 0 Å². The highest BCUT2D eigenvalue weighted by Crippen LogP contribution is 2.21. The first-order valence-corrected chi connectivity index (χ1v) is 8.28. The van der Waals surface area contributed by atoms with Gasteiger partial charge in [0.05, 0.1) is 6.10 Å². The fourth-order valence-electron chi connectivity index (χ4n) is 2.68. The van der Waals surface area contributed by atoms with Crippen molar-refractivity contribution in [2.24, 2.45) is 0 Å². The van der Waals surface area contributed by atoms with Gasteiger partial charge in [-0.1, -0.05) is 13.8 Å². The third kappa shape index (κ3) is 4.84. The first kappa shape index (κ1) is 16.0. The van der Waals surface area contributed by atoms with Gasteiger partial charge in [-0.25, -0.2) is 9.97 Å². The molecule has 1 aliphatic rings. The second-order valence-corrected chi connectivity index (χ2v) is 5.53. The maximum atomic E-state index is 5.76. The highest BCUT2D eigenvalue weighted by atomic mass is 16.5. The van der Waals surface area contributed by atoms with Crippen LogP contribution in [0.2, 0.25) is 0 Å². The van der Waals surface area contributed by atoms with E-state index in [-0.39, 0.29) is 0 Å². The maximum absolute atomic E-state index is 5.76. The van der Waals surface area contributed by atoms with Gasteiger partial charge in [0.2, 0.25) is 0 Å². The van der Waals surface area contributed by atoms with Crippen LogP contribution in [0.5, 0.6) is 0 Å². The molecule has 5 nitrogen and oxygen atoms in total. The fraction of sp³-hybridized carbons (Fsp3) is 0.750. The predicted octanol–water partition coefficient (Wildman–Crippen LogP) is 3.23. The average Bonchev–Trinajstić information content (AvgIpc) is 2.54. The summed E-state index contributed by atoms with van der Waals surface area (Å²) in [6.45, 7) is 7.07. The molecule has 1 saturated heterocycles. The lowest BCUT2D eigenvalue weighted by Gasteiger charge is -2.23. The van der Waals surface area contributed by atoms with Gasteiger partial charge < -0.3 is 15.4 Å².